The fraction of sp³-hybridized carbons (Fsp3) is 0.115. The van der Waals surface area contributed by atoms with Crippen molar-refractivity contribution in [1.29, 1.82) is 0 Å². The molecule has 0 unspecified atom stereocenters. The summed E-state index contributed by atoms with van der Waals surface area (Å²) in [5.41, 5.74) is 3.60. The molecular formula is C26H24NO3S+. The van der Waals surface area contributed by atoms with Crippen molar-refractivity contribution in [2.75, 3.05) is 0 Å². The average molecular weight is 431 g/mol. The summed E-state index contributed by atoms with van der Waals surface area (Å²) in [6.07, 6.45) is 0. The Morgan fingerprint density at radius 3 is 2.06 bits per heavy atom. The molecule has 1 N–H and O–H groups in total. The molecule has 5 rings (SSSR count). The molecule has 31 heavy (non-hydrogen) atoms. The van der Waals surface area contributed by atoms with Crippen molar-refractivity contribution in [3.05, 3.63) is 96.6 Å². The second kappa shape index (κ2) is 8.46. The zero-order valence-electron chi connectivity index (χ0n) is 17.5. The molecule has 0 saturated carbocycles. The van der Waals surface area contributed by atoms with E-state index in [1.165, 1.54) is 44.7 Å². The third-order valence-electron chi connectivity index (χ3n) is 5.38. The van der Waals surface area contributed by atoms with E-state index in [-0.39, 0.29) is 4.90 Å². The lowest BCUT2D eigenvalue weighted by Gasteiger charge is -2.07. The van der Waals surface area contributed by atoms with Crippen LogP contribution in [0.4, 0.5) is 0 Å². The Labute approximate surface area is 182 Å². The number of para-hydroxylation sites is 1. The van der Waals surface area contributed by atoms with Crippen LogP contribution >= 0.6 is 0 Å². The van der Waals surface area contributed by atoms with Gasteiger partial charge in [-0.15, -0.1) is 0 Å². The van der Waals surface area contributed by atoms with Crippen molar-refractivity contribution in [3.8, 4) is 0 Å². The standard InChI is InChI=1S/C19H16N.C7H8O3S/c1-2-20-18-10-6-4-8-15(18)13-16-12-11-14-7-3-5-9-17(14)19(16)20;1-6-2-4-7(5-3-6)11(8,9)10/h3-13H,2H2,1H3;2-5H,1H3,(H,8,9,10)/q+1;. The van der Waals surface area contributed by atoms with E-state index >= 15 is 0 Å². The number of aromatic nitrogens is 1. The highest BCUT2D eigenvalue weighted by molar-refractivity contribution is 7.85. The zero-order chi connectivity index (χ0) is 22.0. The molecule has 0 radical (unpaired) electrons. The lowest BCUT2D eigenvalue weighted by Crippen LogP contribution is -2.34. The average Bonchev–Trinajstić information content (AvgIpc) is 2.77. The van der Waals surface area contributed by atoms with Crippen LogP contribution < -0.4 is 4.57 Å². The van der Waals surface area contributed by atoms with Gasteiger partial charge in [0, 0.05) is 16.8 Å². The molecule has 0 fully saturated rings. The van der Waals surface area contributed by atoms with E-state index in [9.17, 15) is 8.42 Å². The van der Waals surface area contributed by atoms with Gasteiger partial charge in [0.15, 0.2) is 0 Å². The molecule has 0 aliphatic heterocycles. The maximum absolute atomic E-state index is 10.5. The maximum Gasteiger partial charge on any atom is 0.294 e. The summed E-state index contributed by atoms with van der Waals surface area (Å²) in [6, 6.07) is 30.0. The van der Waals surface area contributed by atoms with Crippen LogP contribution in [0.1, 0.15) is 12.5 Å². The van der Waals surface area contributed by atoms with Crippen LogP contribution in [0.25, 0.3) is 32.6 Å². The zero-order valence-corrected chi connectivity index (χ0v) is 18.3. The van der Waals surface area contributed by atoms with Crippen LogP contribution in [0.2, 0.25) is 0 Å². The number of nitrogens with zero attached hydrogens (tertiary/aromatic N) is 1. The Kier molecular flexibility index (Phi) is 5.72. The Bertz CT molecular complexity index is 1490. The summed E-state index contributed by atoms with van der Waals surface area (Å²) >= 11 is 0. The first-order valence-electron chi connectivity index (χ1n) is 10.2. The monoisotopic (exact) mass is 430 g/mol. The largest absolute Gasteiger partial charge is 0.294 e. The van der Waals surface area contributed by atoms with Gasteiger partial charge in [-0.1, -0.05) is 54.1 Å². The molecular weight excluding hydrogens is 406 g/mol. The summed E-state index contributed by atoms with van der Waals surface area (Å²) in [7, 11) is -4.02. The molecule has 5 heteroatoms. The maximum atomic E-state index is 10.5. The minimum atomic E-state index is -4.02. The second-order valence-corrected chi connectivity index (χ2v) is 8.88. The van der Waals surface area contributed by atoms with Gasteiger partial charge in [-0.2, -0.15) is 13.0 Å². The molecule has 0 saturated heterocycles. The summed E-state index contributed by atoms with van der Waals surface area (Å²) in [4.78, 5) is -0.0666. The summed E-state index contributed by atoms with van der Waals surface area (Å²) in [6.45, 7) is 5.04. The van der Waals surface area contributed by atoms with E-state index in [2.05, 4.69) is 78.2 Å². The van der Waals surface area contributed by atoms with Crippen LogP contribution in [0, 0.1) is 6.92 Å². The van der Waals surface area contributed by atoms with Crippen molar-refractivity contribution >= 4 is 42.7 Å². The van der Waals surface area contributed by atoms with Crippen LogP contribution in [-0.2, 0) is 16.7 Å². The summed E-state index contributed by atoms with van der Waals surface area (Å²) in [5.74, 6) is 0. The SMILES string of the molecule is CC[n+]1c2ccccc2cc2ccc3ccccc3c21.Cc1ccc(S(=O)(=O)O)cc1. The van der Waals surface area contributed by atoms with Gasteiger partial charge < -0.3 is 0 Å². The number of rotatable bonds is 2. The number of benzene rings is 4. The van der Waals surface area contributed by atoms with E-state index in [1.807, 2.05) is 6.92 Å². The number of hydrogen-bond donors (Lipinski definition) is 1. The molecule has 0 amide bonds. The summed E-state index contributed by atoms with van der Waals surface area (Å²) in [5, 5.41) is 5.25. The predicted octanol–water partition coefficient (Wildman–Crippen LogP) is 5.70. The Balaban J connectivity index is 0.000000180. The quantitative estimate of drug-likeness (QED) is 0.169. The topological polar surface area (TPSA) is 58.2 Å². The Morgan fingerprint density at radius 2 is 1.39 bits per heavy atom. The Hall–Kier alpha value is -3.28. The minimum absolute atomic E-state index is 0.0666. The number of hydrogen-bond acceptors (Lipinski definition) is 2. The van der Waals surface area contributed by atoms with Gasteiger partial charge in [-0.05, 0) is 55.6 Å². The molecule has 0 bridgehead atoms. The number of pyridine rings is 1. The van der Waals surface area contributed by atoms with Gasteiger partial charge in [-0.3, -0.25) is 4.55 Å². The molecule has 1 heterocycles. The van der Waals surface area contributed by atoms with Gasteiger partial charge in [0.05, 0.1) is 10.3 Å². The van der Waals surface area contributed by atoms with Gasteiger partial charge in [-0.25, -0.2) is 0 Å². The van der Waals surface area contributed by atoms with Crippen LogP contribution in [0.3, 0.4) is 0 Å². The van der Waals surface area contributed by atoms with Crippen molar-refractivity contribution in [2.45, 2.75) is 25.3 Å². The van der Waals surface area contributed by atoms with Gasteiger partial charge in [0.2, 0.25) is 11.0 Å². The lowest BCUT2D eigenvalue weighted by molar-refractivity contribution is -0.640. The molecule has 5 aromatic rings. The fourth-order valence-electron chi connectivity index (χ4n) is 3.87. The molecule has 1 aromatic heterocycles. The Morgan fingerprint density at radius 1 is 0.774 bits per heavy atom. The molecule has 0 atom stereocenters. The molecule has 4 aromatic carbocycles. The first kappa shape index (κ1) is 21.0. The van der Waals surface area contributed by atoms with Crippen LogP contribution in [-0.4, -0.2) is 13.0 Å². The highest BCUT2D eigenvalue weighted by Gasteiger charge is 2.15. The van der Waals surface area contributed by atoms with E-state index in [1.54, 1.807) is 12.1 Å². The first-order valence-corrected chi connectivity index (χ1v) is 11.6. The molecule has 0 aliphatic rings. The van der Waals surface area contributed by atoms with Crippen molar-refractivity contribution in [1.82, 2.24) is 0 Å². The second-order valence-electron chi connectivity index (χ2n) is 7.46. The number of aryl methyl sites for hydroxylation is 2. The van der Waals surface area contributed by atoms with Crippen molar-refractivity contribution in [3.63, 3.8) is 0 Å². The number of fused-ring (bicyclic) bond motifs is 4. The normalized spacial score (nSPS) is 11.5. The molecule has 4 nitrogen and oxygen atoms in total. The van der Waals surface area contributed by atoms with Gasteiger partial charge in [0.25, 0.3) is 10.1 Å². The van der Waals surface area contributed by atoms with E-state index in [0.717, 1.165) is 12.1 Å². The first-order chi connectivity index (χ1) is 14.9. The minimum Gasteiger partial charge on any atom is -0.282 e. The lowest BCUT2D eigenvalue weighted by atomic mass is 10.0. The van der Waals surface area contributed by atoms with E-state index in [4.69, 9.17) is 4.55 Å². The highest BCUT2D eigenvalue weighted by Crippen LogP contribution is 2.25. The molecule has 0 spiro atoms. The molecule has 0 aliphatic carbocycles. The van der Waals surface area contributed by atoms with Crippen molar-refractivity contribution < 1.29 is 17.5 Å². The van der Waals surface area contributed by atoms with E-state index < -0.39 is 10.1 Å². The highest BCUT2D eigenvalue weighted by atomic mass is 32.2. The third kappa shape index (κ3) is 4.29. The summed E-state index contributed by atoms with van der Waals surface area (Å²) < 4.78 is 32.0. The van der Waals surface area contributed by atoms with Gasteiger partial charge in [0.1, 0.15) is 6.54 Å². The predicted molar refractivity (Wildman–Crippen MR) is 126 cm³/mol. The van der Waals surface area contributed by atoms with Crippen LogP contribution in [0.15, 0.2) is 95.9 Å². The third-order valence-corrected chi connectivity index (χ3v) is 6.24. The van der Waals surface area contributed by atoms with Gasteiger partial charge >= 0.3 is 0 Å². The fourth-order valence-corrected chi connectivity index (χ4v) is 4.35. The van der Waals surface area contributed by atoms with Crippen LogP contribution in [0.5, 0.6) is 0 Å². The smallest absolute Gasteiger partial charge is 0.282 e. The van der Waals surface area contributed by atoms with Crippen molar-refractivity contribution in [2.24, 2.45) is 0 Å². The molecule has 156 valence electrons. The van der Waals surface area contributed by atoms with E-state index in [0.29, 0.717) is 0 Å².